The summed E-state index contributed by atoms with van der Waals surface area (Å²) in [5.74, 6) is 1.89. The Morgan fingerprint density at radius 3 is 2.39 bits per heavy atom. The van der Waals surface area contributed by atoms with Crippen LogP contribution in [-0.2, 0) is 4.79 Å². The van der Waals surface area contributed by atoms with Crippen LogP contribution in [0, 0.1) is 5.92 Å². The number of aliphatic imine (C=N–C) groups is 1. The second kappa shape index (κ2) is 12.8. The molecule has 1 rings (SSSR count). The van der Waals surface area contributed by atoms with Crippen LogP contribution in [0.25, 0.3) is 0 Å². The largest absolute Gasteiger partial charge is 0.356 e. The molecule has 136 valence electrons. The van der Waals surface area contributed by atoms with Crippen LogP contribution >= 0.6 is 24.0 Å². The molecule has 2 N–H and O–H groups in total. The number of likely N-dealkylation sites (tertiary alicyclic amines) is 1. The standard InChI is InChI=1S/C17H34N4O.HI/c1-5-14(6-2)13-20-17(18-4)19-11-10-15(7-3)21-12-8-9-16(21)22;/h14-15H,5-13H2,1-4H3,(H2,18,19,20);1H. The van der Waals surface area contributed by atoms with E-state index in [1.807, 2.05) is 7.05 Å². The Morgan fingerprint density at radius 2 is 1.91 bits per heavy atom. The molecule has 0 aromatic heterocycles. The Morgan fingerprint density at radius 1 is 1.22 bits per heavy atom. The first-order chi connectivity index (χ1) is 10.7. The van der Waals surface area contributed by atoms with Gasteiger partial charge in [-0.2, -0.15) is 0 Å². The number of hydrogen-bond acceptors (Lipinski definition) is 2. The Balaban J connectivity index is 0.00000484. The average molecular weight is 438 g/mol. The molecule has 6 heteroatoms. The molecule has 0 aliphatic carbocycles. The van der Waals surface area contributed by atoms with Crippen molar-refractivity contribution in [3.05, 3.63) is 0 Å². The van der Waals surface area contributed by atoms with E-state index >= 15 is 0 Å². The van der Waals surface area contributed by atoms with E-state index in [1.165, 1.54) is 12.8 Å². The van der Waals surface area contributed by atoms with Crippen molar-refractivity contribution in [1.29, 1.82) is 0 Å². The number of rotatable bonds is 9. The third-order valence-electron chi connectivity index (χ3n) is 4.73. The van der Waals surface area contributed by atoms with E-state index in [2.05, 4.69) is 41.3 Å². The van der Waals surface area contributed by atoms with Crippen molar-refractivity contribution in [3.63, 3.8) is 0 Å². The van der Waals surface area contributed by atoms with Gasteiger partial charge in [-0.1, -0.05) is 33.6 Å². The predicted molar refractivity (Wildman–Crippen MR) is 108 cm³/mol. The highest BCUT2D eigenvalue weighted by Crippen LogP contribution is 2.17. The van der Waals surface area contributed by atoms with Crippen molar-refractivity contribution in [2.24, 2.45) is 10.9 Å². The maximum absolute atomic E-state index is 11.8. The van der Waals surface area contributed by atoms with Crippen LogP contribution in [0.15, 0.2) is 4.99 Å². The fourth-order valence-corrected chi connectivity index (χ4v) is 3.03. The number of nitrogens with one attached hydrogen (secondary N) is 2. The van der Waals surface area contributed by atoms with Crippen LogP contribution in [0.3, 0.4) is 0 Å². The van der Waals surface area contributed by atoms with Gasteiger partial charge in [0.15, 0.2) is 5.96 Å². The first kappa shape index (κ1) is 22.5. The van der Waals surface area contributed by atoms with Crippen molar-refractivity contribution < 1.29 is 4.79 Å². The molecule has 23 heavy (non-hydrogen) atoms. The summed E-state index contributed by atoms with van der Waals surface area (Å²) < 4.78 is 0. The molecule has 1 saturated heterocycles. The molecule has 0 aromatic carbocycles. The summed E-state index contributed by atoms with van der Waals surface area (Å²) >= 11 is 0. The van der Waals surface area contributed by atoms with Gasteiger partial charge in [-0.15, -0.1) is 24.0 Å². The summed E-state index contributed by atoms with van der Waals surface area (Å²) in [7, 11) is 1.81. The van der Waals surface area contributed by atoms with Gasteiger partial charge in [0.1, 0.15) is 0 Å². The number of halogens is 1. The zero-order chi connectivity index (χ0) is 16.4. The monoisotopic (exact) mass is 438 g/mol. The lowest BCUT2D eigenvalue weighted by atomic mass is 10.0. The molecule has 0 spiro atoms. The molecule has 1 heterocycles. The highest BCUT2D eigenvalue weighted by molar-refractivity contribution is 14.0. The minimum Gasteiger partial charge on any atom is -0.356 e. The molecule has 1 aliphatic heterocycles. The number of carbonyl (C=O) groups excluding carboxylic acids is 1. The van der Waals surface area contributed by atoms with E-state index < -0.39 is 0 Å². The third kappa shape index (κ3) is 7.72. The normalized spacial score (nSPS) is 16.5. The molecule has 0 aromatic rings. The van der Waals surface area contributed by atoms with Crippen molar-refractivity contribution in [2.45, 2.75) is 65.3 Å². The van der Waals surface area contributed by atoms with Gasteiger partial charge >= 0.3 is 0 Å². The molecule has 1 fully saturated rings. The van der Waals surface area contributed by atoms with Crippen LogP contribution in [0.1, 0.15) is 59.3 Å². The maximum Gasteiger partial charge on any atom is 0.222 e. The Hall–Kier alpha value is -0.530. The van der Waals surface area contributed by atoms with Crippen molar-refractivity contribution in [1.82, 2.24) is 15.5 Å². The van der Waals surface area contributed by atoms with Gasteiger partial charge in [-0.3, -0.25) is 9.79 Å². The summed E-state index contributed by atoms with van der Waals surface area (Å²) in [5.41, 5.74) is 0. The Kier molecular flexibility index (Phi) is 12.5. The van der Waals surface area contributed by atoms with E-state index in [1.54, 1.807) is 0 Å². The molecule has 0 saturated carbocycles. The van der Waals surface area contributed by atoms with Crippen LogP contribution < -0.4 is 10.6 Å². The lowest BCUT2D eigenvalue weighted by Gasteiger charge is -2.27. The molecule has 1 atom stereocenters. The van der Waals surface area contributed by atoms with Gasteiger partial charge < -0.3 is 15.5 Å². The fourth-order valence-electron chi connectivity index (χ4n) is 3.03. The Bertz CT molecular complexity index is 359. The summed E-state index contributed by atoms with van der Waals surface area (Å²) in [4.78, 5) is 18.2. The predicted octanol–water partition coefficient (Wildman–Crippen LogP) is 3.00. The van der Waals surface area contributed by atoms with E-state index in [0.29, 0.717) is 17.9 Å². The summed E-state index contributed by atoms with van der Waals surface area (Å²) in [6, 6.07) is 0.361. The lowest BCUT2D eigenvalue weighted by molar-refractivity contribution is -0.129. The van der Waals surface area contributed by atoms with Crippen LogP contribution in [-0.4, -0.2) is 49.5 Å². The molecular formula is C17H35IN4O. The van der Waals surface area contributed by atoms with Crippen LogP contribution in [0.4, 0.5) is 0 Å². The topological polar surface area (TPSA) is 56.7 Å². The van der Waals surface area contributed by atoms with E-state index in [9.17, 15) is 4.79 Å². The molecule has 1 amide bonds. The van der Waals surface area contributed by atoms with Crippen molar-refractivity contribution >= 4 is 35.8 Å². The van der Waals surface area contributed by atoms with Gasteiger partial charge in [0.2, 0.25) is 5.91 Å². The zero-order valence-corrected chi connectivity index (χ0v) is 17.6. The van der Waals surface area contributed by atoms with Gasteiger partial charge in [0.25, 0.3) is 0 Å². The van der Waals surface area contributed by atoms with Crippen molar-refractivity contribution in [3.8, 4) is 0 Å². The summed E-state index contributed by atoms with van der Waals surface area (Å²) in [6.45, 7) is 9.37. The van der Waals surface area contributed by atoms with Gasteiger partial charge in [0.05, 0.1) is 0 Å². The molecule has 5 nitrogen and oxygen atoms in total. The molecule has 1 aliphatic rings. The smallest absolute Gasteiger partial charge is 0.222 e. The van der Waals surface area contributed by atoms with Crippen LogP contribution in [0.5, 0.6) is 0 Å². The third-order valence-corrected chi connectivity index (χ3v) is 4.73. The van der Waals surface area contributed by atoms with E-state index in [4.69, 9.17) is 0 Å². The van der Waals surface area contributed by atoms with Gasteiger partial charge in [0, 0.05) is 39.1 Å². The molecule has 1 unspecified atom stereocenters. The fraction of sp³-hybridized carbons (Fsp3) is 0.882. The SMILES string of the molecule is CCC(CC)CNC(=NC)NCCC(CC)N1CCCC1=O.I. The highest BCUT2D eigenvalue weighted by atomic mass is 127. The maximum atomic E-state index is 11.8. The number of carbonyl (C=O) groups is 1. The number of nitrogens with zero attached hydrogens (tertiary/aromatic N) is 2. The molecule has 0 bridgehead atoms. The van der Waals surface area contributed by atoms with E-state index in [0.717, 1.165) is 51.3 Å². The summed E-state index contributed by atoms with van der Waals surface area (Å²) in [6.07, 6.45) is 6.12. The quantitative estimate of drug-likeness (QED) is 0.331. The highest BCUT2D eigenvalue weighted by Gasteiger charge is 2.26. The van der Waals surface area contributed by atoms with Crippen molar-refractivity contribution in [2.75, 3.05) is 26.7 Å². The second-order valence-electron chi connectivity index (χ2n) is 6.10. The lowest BCUT2D eigenvalue weighted by Crippen LogP contribution is -2.43. The summed E-state index contributed by atoms with van der Waals surface area (Å²) in [5, 5.41) is 6.78. The average Bonchev–Trinajstić information content (AvgIpc) is 2.96. The number of amides is 1. The Labute approximate surface area is 159 Å². The second-order valence-corrected chi connectivity index (χ2v) is 6.10. The van der Waals surface area contributed by atoms with Crippen LogP contribution in [0.2, 0.25) is 0 Å². The van der Waals surface area contributed by atoms with Gasteiger partial charge in [-0.05, 0) is 25.2 Å². The first-order valence-corrected chi connectivity index (χ1v) is 8.90. The molecule has 0 radical (unpaired) electrons. The number of hydrogen-bond donors (Lipinski definition) is 2. The minimum absolute atomic E-state index is 0. The first-order valence-electron chi connectivity index (χ1n) is 8.90. The minimum atomic E-state index is 0. The zero-order valence-electron chi connectivity index (χ0n) is 15.2. The number of guanidine groups is 1. The van der Waals surface area contributed by atoms with Gasteiger partial charge in [-0.25, -0.2) is 0 Å². The molecular weight excluding hydrogens is 403 g/mol. The van der Waals surface area contributed by atoms with E-state index in [-0.39, 0.29) is 24.0 Å².